The van der Waals surface area contributed by atoms with Crippen LogP contribution in [0.25, 0.3) is 5.52 Å². The molecule has 0 aromatic carbocycles. The molecule has 3 heterocycles. The Morgan fingerprint density at radius 3 is 2.71 bits per heavy atom. The molecule has 9 heteroatoms. The first-order valence-electron chi connectivity index (χ1n) is 8.67. The Balaban J connectivity index is 0.00000109. The van der Waals surface area contributed by atoms with E-state index in [4.69, 9.17) is 23.2 Å². The summed E-state index contributed by atoms with van der Waals surface area (Å²) in [7, 11) is 0. The van der Waals surface area contributed by atoms with E-state index in [1.54, 1.807) is 11.3 Å². The summed E-state index contributed by atoms with van der Waals surface area (Å²) in [6.07, 6.45) is 10.5. The van der Waals surface area contributed by atoms with Crippen molar-refractivity contribution in [3.63, 3.8) is 0 Å². The molecule has 4 rings (SSSR count). The van der Waals surface area contributed by atoms with Gasteiger partial charge in [-0.25, -0.2) is 13.3 Å². The quantitative estimate of drug-likeness (QED) is 0.461. The summed E-state index contributed by atoms with van der Waals surface area (Å²) >= 11 is 13.9. The normalized spacial score (nSPS) is 14.5. The molecule has 0 unspecified atom stereocenters. The van der Waals surface area contributed by atoms with Crippen molar-refractivity contribution >= 4 is 45.9 Å². The maximum atomic E-state index is 15.0. The van der Waals surface area contributed by atoms with E-state index in [0.29, 0.717) is 44.2 Å². The third-order valence-corrected chi connectivity index (χ3v) is 6.01. The molecule has 0 bridgehead atoms. The molecule has 3 aromatic rings. The van der Waals surface area contributed by atoms with Crippen molar-refractivity contribution in [2.75, 3.05) is 5.32 Å². The first kappa shape index (κ1) is 20.8. The second-order valence-corrected chi connectivity index (χ2v) is 8.24. The Morgan fingerprint density at radius 1 is 1.32 bits per heavy atom. The van der Waals surface area contributed by atoms with E-state index in [1.165, 1.54) is 4.52 Å². The van der Waals surface area contributed by atoms with Gasteiger partial charge in [-0.1, -0.05) is 17.7 Å². The Morgan fingerprint density at radius 2 is 2.07 bits per heavy atom. The fourth-order valence-electron chi connectivity index (χ4n) is 2.99. The van der Waals surface area contributed by atoms with Crippen LogP contribution in [0, 0.1) is 18.7 Å². The van der Waals surface area contributed by atoms with Gasteiger partial charge in [-0.2, -0.15) is 4.98 Å². The highest BCUT2D eigenvalue weighted by Crippen LogP contribution is 2.44. The first-order chi connectivity index (χ1) is 13.5. The molecule has 4 nitrogen and oxygen atoms in total. The lowest BCUT2D eigenvalue weighted by molar-refractivity contribution is 0.283. The molecule has 1 fully saturated rings. The minimum absolute atomic E-state index is 0.0321. The highest BCUT2D eigenvalue weighted by atomic mass is 35.5. The average molecular weight is 443 g/mol. The Hall–Kier alpha value is -1.88. The Labute approximate surface area is 175 Å². The predicted molar refractivity (Wildman–Crippen MR) is 111 cm³/mol. The molecule has 0 spiro atoms. The SMILES string of the molecule is C#C.Fc1c(CCCC2(F)CC2)c(Cl)n2nc(Cl)nc(NCc3cccs3)c12. The highest BCUT2D eigenvalue weighted by Gasteiger charge is 2.42. The van der Waals surface area contributed by atoms with E-state index < -0.39 is 11.5 Å². The summed E-state index contributed by atoms with van der Waals surface area (Å²) < 4.78 is 30.1. The Kier molecular flexibility index (Phi) is 6.43. The van der Waals surface area contributed by atoms with Crippen molar-refractivity contribution in [3.8, 4) is 12.8 Å². The summed E-state index contributed by atoms with van der Waals surface area (Å²) in [5.74, 6) is -0.197. The van der Waals surface area contributed by atoms with Crippen LogP contribution in [0.4, 0.5) is 14.6 Å². The maximum absolute atomic E-state index is 15.0. The number of nitrogens with one attached hydrogen (secondary N) is 1. The number of anilines is 1. The van der Waals surface area contributed by atoms with E-state index in [1.807, 2.05) is 17.5 Å². The summed E-state index contributed by atoms with van der Waals surface area (Å²) in [6, 6.07) is 3.91. The topological polar surface area (TPSA) is 42.2 Å². The van der Waals surface area contributed by atoms with Crippen LogP contribution in [0.3, 0.4) is 0 Å². The van der Waals surface area contributed by atoms with Crippen molar-refractivity contribution < 1.29 is 8.78 Å². The lowest BCUT2D eigenvalue weighted by Gasteiger charge is -2.07. The smallest absolute Gasteiger partial charge is 0.243 e. The second kappa shape index (κ2) is 8.64. The van der Waals surface area contributed by atoms with Gasteiger partial charge in [0.05, 0.1) is 6.54 Å². The van der Waals surface area contributed by atoms with Gasteiger partial charge in [0.1, 0.15) is 16.3 Å². The molecule has 0 aliphatic heterocycles. The molecule has 1 aliphatic carbocycles. The van der Waals surface area contributed by atoms with Gasteiger partial charge in [0.2, 0.25) is 5.28 Å². The van der Waals surface area contributed by atoms with Crippen molar-refractivity contribution in [3.05, 3.63) is 44.2 Å². The number of hydrogen-bond acceptors (Lipinski definition) is 4. The van der Waals surface area contributed by atoms with Crippen LogP contribution in [0.2, 0.25) is 10.4 Å². The third-order valence-electron chi connectivity index (χ3n) is 4.58. The van der Waals surface area contributed by atoms with Gasteiger partial charge >= 0.3 is 0 Å². The summed E-state index contributed by atoms with van der Waals surface area (Å²) in [5.41, 5.74) is -0.572. The fourth-order valence-corrected chi connectivity index (χ4v) is 4.09. The number of halogens is 4. The molecule has 0 amide bonds. The molecule has 0 atom stereocenters. The average Bonchev–Trinajstić information content (AvgIpc) is 3.11. The van der Waals surface area contributed by atoms with Gasteiger partial charge in [0.25, 0.3) is 0 Å². The van der Waals surface area contributed by atoms with E-state index in [0.717, 1.165) is 4.88 Å². The zero-order valence-electron chi connectivity index (χ0n) is 14.9. The molecule has 1 aliphatic rings. The van der Waals surface area contributed by atoms with Gasteiger partial charge in [-0.3, -0.25) is 0 Å². The molecule has 0 saturated heterocycles. The van der Waals surface area contributed by atoms with E-state index in [-0.39, 0.29) is 21.8 Å². The minimum atomic E-state index is -1.06. The zero-order chi connectivity index (χ0) is 20.3. The summed E-state index contributed by atoms with van der Waals surface area (Å²) in [6.45, 7) is 0.489. The van der Waals surface area contributed by atoms with Gasteiger partial charge in [-0.05, 0) is 55.2 Å². The molecule has 28 heavy (non-hydrogen) atoms. The minimum Gasteiger partial charge on any atom is -0.363 e. The predicted octanol–water partition coefficient (Wildman–Crippen LogP) is 5.92. The lowest BCUT2D eigenvalue weighted by atomic mass is 10.1. The second-order valence-electron chi connectivity index (χ2n) is 6.51. The molecule has 1 N–H and O–H groups in total. The van der Waals surface area contributed by atoms with Crippen molar-refractivity contribution in [1.82, 2.24) is 14.6 Å². The number of thiophene rings is 1. The van der Waals surface area contributed by atoms with Crippen molar-refractivity contribution in [2.24, 2.45) is 0 Å². The van der Waals surface area contributed by atoms with Crippen LogP contribution >= 0.6 is 34.5 Å². The van der Waals surface area contributed by atoms with Crippen LogP contribution in [0.15, 0.2) is 17.5 Å². The summed E-state index contributed by atoms with van der Waals surface area (Å²) in [4.78, 5) is 5.19. The van der Waals surface area contributed by atoms with Gasteiger partial charge in [0, 0.05) is 10.4 Å². The summed E-state index contributed by atoms with van der Waals surface area (Å²) in [5, 5.41) is 9.20. The van der Waals surface area contributed by atoms with Crippen molar-refractivity contribution in [1.29, 1.82) is 0 Å². The van der Waals surface area contributed by atoms with E-state index >= 15 is 4.39 Å². The number of rotatable bonds is 7. The standard InChI is InChI=1S/C17H16Cl2F2N4S.C2H2/c18-14-11(4-1-5-17(21)6-7-17)12(20)13-15(23-16(19)24-25(13)14)22-9-10-3-2-8-26-10;1-2/h2-3,8H,1,4-7,9H2,(H,22,23,24);1-2H. The number of nitrogens with zero attached hydrogens (tertiary/aromatic N) is 3. The zero-order valence-corrected chi connectivity index (χ0v) is 17.2. The number of terminal acetylenes is 1. The lowest BCUT2D eigenvalue weighted by Crippen LogP contribution is -2.05. The molecule has 0 radical (unpaired) electrons. The van der Waals surface area contributed by atoms with Crippen LogP contribution < -0.4 is 5.32 Å². The third kappa shape index (κ3) is 4.40. The van der Waals surface area contributed by atoms with Gasteiger partial charge in [-0.15, -0.1) is 29.3 Å². The molecule has 148 valence electrons. The molecule has 1 saturated carbocycles. The number of fused-ring (bicyclic) bond motifs is 1. The first-order valence-corrected chi connectivity index (χ1v) is 10.3. The van der Waals surface area contributed by atoms with Crippen LogP contribution in [-0.2, 0) is 13.0 Å². The molecular formula is C19H18Cl2F2N4S. The Bertz CT molecular complexity index is 981. The van der Waals surface area contributed by atoms with Crippen LogP contribution in [-0.4, -0.2) is 20.3 Å². The van der Waals surface area contributed by atoms with Crippen LogP contribution in [0.5, 0.6) is 0 Å². The van der Waals surface area contributed by atoms with Gasteiger partial charge < -0.3 is 5.32 Å². The van der Waals surface area contributed by atoms with Crippen LogP contribution in [0.1, 0.15) is 36.1 Å². The number of hydrogen-bond donors (Lipinski definition) is 1. The van der Waals surface area contributed by atoms with Gasteiger partial charge in [0.15, 0.2) is 11.6 Å². The fraction of sp³-hybridized carbons (Fsp3) is 0.368. The van der Waals surface area contributed by atoms with E-state index in [2.05, 4.69) is 28.2 Å². The monoisotopic (exact) mass is 442 g/mol. The largest absolute Gasteiger partial charge is 0.363 e. The number of alkyl halides is 1. The molecule has 3 aromatic heterocycles. The van der Waals surface area contributed by atoms with E-state index in [9.17, 15) is 4.39 Å². The highest BCUT2D eigenvalue weighted by molar-refractivity contribution is 7.09. The number of aromatic nitrogens is 3. The maximum Gasteiger partial charge on any atom is 0.243 e. The molecular weight excluding hydrogens is 425 g/mol. The van der Waals surface area contributed by atoms with Crippen molar-refractivity contribution in [2.45, 2.75) is 44.3 Å².